The van der Waals surface area contributed by atoms with E-state index < -0.39 is 0 Å². The van der Waals surface area contributed by atoms with Gasteiger partial charge >= 0.3 is 0 Å². The molecule has 2 aromatic carbocycles. The Balaban J connectivity index is 2.23. The van der Waals surface area contributed by atoms with E-state index in [0.717, 1.165) is 27.7 Å². The number of aromatic amines is 1. The van der Waals surface area contributed by atoms with Crippen LogP contribution in [0.4, 0.5) is 0 Å². The molecular weight excluding hydrogens is 300 g/mol. The van der Waals surface area contributed by atoms with Crippen molar-refractivity contribution in [2.24, 2.45) is 0 Å². The van der Waals surface area contributed by atoms with Gasteiger partial charge in [-0.1, -0.05) is 48.0 Å². The Morgan fingerprint density at radius 1 is 1.18 bits per heavy atom. The van der Waals surface area contributed by atoms with Gasteiger partial charge in [-0.3, -0.25) is 10.1 Å². The lowest BCUT2D eigenvalue weighted by Crippen LogP contribution is -2.15. The van der Waals surface area contributed by atoms with Gasteiger partial charge in [0.15, 0.2) is 0 Å². The highest BCUT2D eigenvalue weighted by Crippen LogP contribution is 2.36. The number of benzene rings is 2. The van der Waals surface area contributed by atoms with E-state index in [1.807, 2.05) is 49.4 Å². The third-order valence-corrected chi connectivity index (χ3v) is 4.25. The minimum atomic E-state index is -0.375. The van der Waals surface area contributed by atoms with Gasteiger partial charge in [-0.15, -0.1) is 0 Å². The summed E-state index contributed by atoms with van der Waals surface area (Å²) < 4.78 is 0. The Bertz CT molecular complexity index is 842. The number of aromatic nitrogens is 1. The van der Waals surface area contributed by atoms with E-state index in [4.69, 9.17) is 11.6 Å². The second-order valence-electron chi connectivity index (χ2n) is 5.30. The molecule has 0 amide bonds. The highest BCUT2D eigenvalue weighted by atomic mass is 35.5. The molecule has 0 radical (unpaired) electrons. The van der Waals surface area contributed by atoms with Crippen LogP contribution in [0.5, 0.6) is 0 Å². The monoisotopic (exact) mass is 314 g/mol. The lowest BCUT2D eigenvalue weighted by molar-refractivity contribution is -0.481. The Labute approximate surface area is 132 Å². The molecule has 1 N–H and O–H groups in total. The van der Waals surface area contributed by atoms with E-state index in [-0.39, 0.29) is 17.4 Å². The van der Waals surface area contributed by atoms with Gasteiger partial charge in [-0.05, 0) is 30.2 Å². The molecular formula is C17H15ClN2O2. The van der Waals surface area contributed by atoms with Gasteiger partial charge in [0, 0.05) is 26.5 Å². The molecule has 0 saturated heterocycles. The van der Waals surface area contributed by atoms with Crippen molar-refractivity contribution in [3.05, 3.63) is 80.5 Å². The van der Waals surface area contributed by atoms with Crippen LogP contribution < -0.4 is 0 Å². The molecule has 5 heteroatoms. The van der Waals surface area contributed by atoms with Crippen LogP contribution in [-0.2, 0) is 0 Å². The number of aryl methyl sites for hydroxylation is 1. The van der Waals surface area contributed by atoms with E-state index in [1.165, 1.54) is 0 Å². The zero-order valence-corrected chi connectivity index (χ0v) is 12.8. The van der Waals surface area contributed by atoms with Crippen LogP contribution >= 0.6 is 11.6 Å². The third kappa shape index (κ3) is 2.57. The number of nitrogens with one attached hydrogen (secondary N) is 1. The van der Waals surface area contributed by atoms with Crippen molar-refractivity contribution in [1.29, 1.82) is 0 Å². The fourth-order valence-corrected chi connectivity index (χ4v) is 3.27. The molecule has 4 nitrogen and oxygen atoms in total. The second kappa shape index (κ2) is 5.81. The maximum Gasteiger partial charge on any atom is 0.214 e. The van der Waals surface area contributed by atoms with Gasteiger partial charge in [0.2, 0.25) is 6.54 Å². The van der Waals surface area contributed by atoms with Gasteiger partial charge < -0.3 is 4.98 Å². The third-order valence-electron chi connectivity index (χ3n) is 3.90. The van der Waals surface area contributed by atoms with Gasteiger partial charge in [0.05, 0.1) is 5.92 Å². The van der Waals surface area contributed by atoms with Gasteiger partial charge in [-0.2, -0.15) is 0 Å². The molecule has 0 aliphatic carbocycles. The molecule has 3 aromatic rings. The maximum absolute atomic E-state index is 11.2. The smallest absolute Gasteiger partial charge is 0.214 e. The molecule has 0 aliphatic rings. The Hall–Kier alpha value is -2.33. The zero-order chi connectivity index (χ0) is 15.7. The highest BCUT2D eigenvalue weighted by Gasteiger charge is 2.26. The average Bonchev–Trinajstić information content (AvgIpc) is 2.81. The summed E-state index contributed by atoms with van der Waals surface area (Å²) >= 11 is 6.29. The molecule has 3 rings (SSSR count). The number of rotatable bonds is 4. The molecule has 0 bridgehead atoms. The van der Waals surface area contributed by atoms with E-state index in [9.17, 15) is 10.1 Å². The molecule has 0 spiro atoms. The molecule has 0 aliphatic heterocycles. The number of halogens is 1. The summed E-state index contributed by atoms with van der Waals surface area (Å²) in [5.74, 6) is -0.375. The van der Waals surface area contributed by atoms with E-state index in [2.05, 4.69) is 4.98 Å². The first-order valence-electron chi connectivity index (χ1n) is 7.01. The largest absolute Gasteiger partial charge is 0.358 e. The summed E-state index contributed by atoms with van der Waals surface area (Å²) in [5.41, 5.74) is 3.65. The Kier molecular flexibility index (Phi) is 3.86. The van der Waals surface area contributed by atoms with E-state index >= 15 is 0 Å². The topological polar surface area (TPSA) is 58.9 Å². The molecule has 112 valence electrons. The Morgan fingerprint density at radius 3 is 2.59 bits per heavy atom. The van der Waals surface area contributed by atoms with E-state index in [0.29, 0.717) is 5.02 Å². The second-order valence-corrected chi connectivity index (χ2v) is 5.71. The zero-order valence-electron chi connectivity index (χ0n) is 12.0. The predicted octanol–water partition coefficient (Wildman–Crippen LogP) is 4.54. The molecule has 1 atom stereocenters. The van der Waals surface area contributed by atoms with Crippen molar-refractivity contribution in [1.82, 2.24) is 4.98 Å². The minimum Gasteiger partial charge on any atom is -0.358 e. The van der Waals surface area contributed by atoms with Crippen LogP contribution in [-0.4, -0.2) is 16.5 Å². The first-order valence-corrected chi connectivity index (χ1v) is 7.39. The number of H-pyrrole nitrogens is 1. The van der Waals surface area contributed by atoms with Crippen LogP contribution in [0.25, 0.3) is 10.9 Å². The lowest BCUT2D eigenvalue weighted by Gasteiger charge is -2.16. The summed E-state index contributed by atoms with van der Waals surface area (Å²) in [5, 5.41) is 12.8. The molecule has 0 saturated carbocycles. The molecule has 22 heavy (non-hydrogen) atoms. The van der Waals surface area contributed by atoms with Crippen molar-refractivity contribution >= 4 is 22.5 Å². The highest BCUT2D eigenvalue weighted by molar-refractivity contribution is 6.31. The van der Waals surface area contributed by atoms with Crippen molar-refractivity contribution in [2.75, 3.05) is 6.54 Å². The fraction of sp³-hybridized carbons (Fsp3) is 0.176. The quantitative estimate of drug-likeness (QED) is 0.568. The molecule has 0 fully saturated rings. The van der Waals surface area contributed by atoms with Crippen LogP contribution in [0.3, 0.4) is 0 Å². The van der Waals surface area contributed by atoms with E-state index in [1.54, 1.807) is 6.07 Å². The summed E-state index contributed by atoms with van der Waals surface area (Å²) in [6.45, 7) is 1.76. The van der Waals surface area contributed by atoms with Gasteiger partial charge in [0.25, 0.3) is 0 Å². The summed E-state index contributed by atoms with van der Waals surface area (Å²) in [6, 6.07) is 15.2. The lowest BCUT2D eigenvalue weighted by atomic mass is 9.89. The number of para-hydroxylation sites is 1. The Morgan fingerprint density at radius 2 is 1.86 bits per heavy atom. The molecule has 0 unspecified atom stereocenters. The first kappa shape index (κ1) is 14.6. The minimum absolute atomic E-state index is 0.188. The summed E-state index contributed by atoms with van der Waals surface area (Å²) in [4.78, 5) is 14.2. The number of fused-ring (bicyclic) bond motifs is 1. The standard InChI is InChI=1S/C17H15ClN2O2/c1-11-17(13-7-3-5-9-16(13)19-11)14(10-20(21)22)12-6-2-4-8-15(12)18/h2-9,14,19H,10H2,1H3/t14-/m1/s1. The number of nitrogens with zero attached hydrogens (tertiary/aromatic N) is 1. The van der Waals surface area contributed by atoms with Crippen molar-refractivity contribution in [2.45, 2.75) is 12.8 Å². The number of nitro groups is 1. The first-order chi connectivity index (χ1) is 10.6. The van der Waals surface area contributed by atoms with Crippen LogP contribution in [0.15, 0.2) is 48.5 Å². The fourth-order valence-electron chi connectivity index (χ4n) is 3.00. The molecule has 1 aromatic heterocycles. The van der Waals surface area contributed by atoms with Crippen LogP contribution in [0, 0.1) is 17.0 Å². The summed E-state index contributed by atoms with van der Waals surface area (Å²) in [7, 11) is 0. The normalized spacial score (nSPS) is 12.5. The van der Waals surface area contributed by atoms with Crippen LogP contribution in [0.2, 0.25) is 5.02 Å². The summed E-state index contributed by atoms with van der Waals surface area (Å²) in [6.07, 6.45) is 0. The predicted molar refractivity (Wildman–Crippen MR) is 88.2 cm³/mol. The molecule has 1 heterocycles. The van der Waals surface area contributed by atoms with Crippen molar-refractivity contribution < 1.29 is 4.92 Å². The average molecular weight is 315 g/mol. The number of hydrogen-bond donors (Lipinski definition) is 1. The maximum atomic E-state index is 11.2. The van der Waals surface area contributed by atoms with Crippen molar-refractivity contribution in [3.8, 4) is 0 Å². The van der Waals surface area contributed by atoms with Gasteiger partial charge in [0.1, 0.15) is 0 Å². The SMILES string of the molecule is Cc1[nH]c2ccccc2c1[C@H](C[N+](=O)[O-])c1ccccc1Cl. The number of hydrogen-bond acceptors (Lipinski definition) is 2. The van der Waals surface area contributed by atoms with Crippen molar-refractivity contribution in [3.63, 3.8) is 0 Å². The van der Waals surface area contributed by atoms with Gasteiger partial charge in [-0.25, -0.2) is 0 Å². The van der Waals surface area contributed by atoms with Crippen LogP contribution in [0.1, 0.15) is 22.7 Å².